The maximum Gasteiger partial charge on any atom is 0.256 e. The predicted molar refractivity (Wildman–Crippen MR) is 87.0 cm³/mol. The van der Waals surface area contributed by atoms with Gasteiger partial charge in [-0.25, -0.2) is 0 Å². The number of nitrogens with one attached hydrogen (secondary N) is 1. The van der Waals surface area contributed by atoms with Crippen molar-refractivity contribution in [2.45, 2.75) is 26.3 Å². The summed E-state index contributed by atoms with van der Waals surface area (Å²) in [7, 11) is 1.79. The number of benzene rings is 1. The fourth-order valence-corrected chi connectivity index (χ4v) is 2.82. The minimum absolute atomic E-state index is 0.178. The molecule has 1 aliphatic heterocycles. The van der Waals surface area contributed by atoms with E-state index in [0.717, 1.165) is 24.2 Å². The number of carbonyl (C=O) groups excluding carboxylic acids is 2. The number of anilines is 1. The topological polar surface area (TPSA) is 67.2 Å². The second-order valence-electron chi connectivity index (χ2n) is 5.87. The Morgan fingerprint density at radius 2 is 2.17 bits per heavy atom. The number of likely N-dealkylation sites (tertiary alicyclic amines) is 1. The normalized spacial score (nSPS) is 14.3. The molecule has 6 nitrogen and oxygen atoms in total. The summed E-state index contributed by atoms with van der Waals surface area (Å²) in [5, 5.41) is 7.07. The third-order valence-corrected chi connectivity index (χ3v) is 3.98. The number of amides is 2. The second-order valence-corrected chi connectivity index (χ2v) is 5.87. The van der Waals surface area contributed by atoms with Gasteiger partial charge in [0, 0.05) is 38.2 Å². The van der Waals surface area contributed by atoms with E-state index in [1.165, 1.54) is 0 Å². The molecule has 0 saturated carbocycles. The molecular weight excluding hydrogens is 292 g/mol. The first kappa shape index (κ1) is 15.3. The summed E-state index contributed by atoms with van der Waals surface area (Å²) in [5.74, 6) is 0.667. The fraction of sp³-hybridized carbons (Fsp3) is 0.353. The third kappa shape index (κ3) is 3.41. The molecule has 0 unspecified atom stereocenters. The van der Waals surface area contributed by atoms with Crippen LogP contribution in [-0.4, -0.2) is 33.0 Å². The smallest absolute Gasteiger partial charge is 0.256 e. The minimum atomic E-state index is -0.178. The lowest BCUT2D eigenvalue weighted by Gasteiger charge is -2.16. The highest BCUT2D eigenvalue weighted by Crippen LogP contribution is 2.16. The Bertz CT molecular complexity index is 751. The van der Waals surface area contributed by atoms with Crippen molar-refractivity contribution in [3.05, 3.63) is 47.2 Å². The quantitative estimate of drug-likeness (QED) is 0.940. The van der Waals surface area contributed by atoms with Gasteiger partial charge in [-0.3, -0.25) is 14.3 Å². The van der Waals surface area contributed by atoms with Gasteiger partial charge in [-0.15, -0.1) is 0 Å². The molecule has 2 aromatic rings. The summed E-state index contributed by atoms with van der Waals surface area (Å²) < 4.78 is 1.64. The molecule has 0 bridgehead atoms. The van der Waals surface area contributed by atoms with Crippen LogP contribution in [0.4, 0.5) is 5.82 Å². The molecule has 3 rings (SSSR count). The molecule has 1 aromatic carbocycles. The summed E-state index contributed by atoms with van der Waals surface area (Å²) in [6.45, 7) is 3.23. The van der Waals surface area contributed by atoms with E-state index >= 15 is 0 Å². The predicted octanol–water partition coefficient (Wildman–Crippen LogP) is 2.10. The van der Waals surface area contributed by atoms with Crippen molar-refractivity contribution >= 4 is 17.6 Å². The van der Waals surface area contributed by atoms with Gasteiger partial charge in [0.25, 0.3) is 5.91 Å². The van der Waals surface area contributed by atoms with Gasteiger partial charge >= 0.3 is 0 Å². The van der Waals surface area contributed by atoms with Crippen LogP contribution in [0.25, 0.3) is 0 Å². The monoisotopic (exact) mass is 312 g/mol. The van der Waals surface area contributed by atoms with Gasteiger partial charge in [-0.2, -0.15) is 5.10 Å². The van der Waals surface area contributed by atoms with Crippen LogP contribution in [0.3, 0.4) is 0 Å². The zero-order valence-electron chi connectivity index (χ0n) is 13.4. The Balaban J connectivity index is 1.72. The Morgan fingerprint density at radius 1 is 1.35 bits per heavy atom. The minimum Gasteiger partial charge on any atom is -0.338 e. The fourth-order valence-electron chi connectivity index (χ4n) is 2.82. The van der Waals surface area contributed by atoms with Crippen molar-refractivity contribution in [3.8, 4) is 0 Å². The number of nitrogens with zero attached hydrogens (tertiary/aromatic N) is 3. The molecule has 1 saturated heterocycles. The molecule has 0 radical (unpaired) electrons. The molecule has 1 aliphatic rings. The van der Waals surface area contributed by atoms with Crippen molar-refractivity contribution in [1.82, 2.24) is 14.7 Å². The Labute approximate surface area is 135 Å². The Hall–Kier alpha value is -2.63. The van der Waals surface area contributed by atoms with Gasteiger partial charge in [0.1, 0.15) is 5.82 Å². The van der Waals surface area contributed by atoms with E-state index in [4.69, 9.17) is 0 Å². The maximum atomic E-state index is 12.4. The van der Waals surface area contributed by atoms with E-state index in [1.807, 2.05) is 36.1 Å². The first-order valence-corrected chi connectivity index (χ1v) is 7.71. The molecule has 0 aliphatic carbocycles. The first-order valence-electron chi connectivity index (χ1n) is 7.71. The summed E-state index contributed by atoms with van der Waals surface area (Å²) in [6.07, 6.45) is 1.54. The van der Waals surface area contributed by atoms with Gasteiger partial charge in [0.15, 0.2) is 0 Å². The van der Waals surface area contributed by atoms with Gasteiger partial charge in [-0.1, -0.05) is 12.1 Å². The zero-order valence-corrected chi connectivity index (χ0v) is 13.4. The summed E-state index contributed by atoms with van der Waals surface area (Å²) in [4.78, 5) is 25.9. The molecule has 2 heterocycles. The maximum absolute atomic E-state index is 12.4. The van der Waals surface area contributed by atoms with E-state index in [0.29, 0.717) is 24.3 Å². The van der Waals surface area contributed by atoms with Crippen molar-refractivity contribution in [1.29, 1.82) is 0 Å². The Morgan fingerprint density at radius 3 is 2.83 bits per heavy atom. The molecule has 1 aromatic heterocycles. The second kappa shape index (κ2) is 6.24. The number of hydrogen-bond donors (Lipinski definition) is 1. The van der Waals surface area contributed by atoms with Crippen LogP contribution in [0.2, 0.25) is 0 Å². The van der Waals surface area contributed by atoms with Gasteiger partial charge < -0.3 is 10.2 Å². The summed E-state index contributed by atoms with van der Waals surface area (Å²) in [5.41, 5.74) is 2.39. The number of hydrogen-bond acceptors (Lipinski definition) is 3. The third-order valence-electron chi connectivity index (χ3n) is 3.98. The van der Waals surface area contributed by atoms with Crippen LogP contribution in [-0.2, 0) is 18.4 Å². The molecule has 1 N–H and O–H groups in total. The molecule has 1 fully saturated rings. The van der Waals surface area contributed by atoms with Crippen molar-refractivity contribution in [3.63, 3.8) is 0 Å². The molecule has 6 heteroatoms. The lowest BCUT2D eigenvalue weighted by molar-refractivity contribution is -0.128. The van der Waals surface area contributed by atoms with E-state index in [9.17, 15) is 9.59 Å². The van der Waals surface area contributed by atoms with E-state index in [-0.39, 0.29) is 11.8 Å². The first-order chi connectivity index (χ1) is 11.0. The van der Waals surface area contributed by atoms with Crippen molar-refractivity contribution < 1.29 is 9.59 Å². The highest BCUT2D eigenvalue weighted by atomic mass is 16.2. The average Bonchev–Trinajstić information content (AvgIpc) is 3.05. The zero-order chi connectivity index (χ0) is 16.4. The number of rotatable bonds is 4. The van der Waals surface area contributed by atoms with Crippen LogP contribution in [0.15, 0.2) is 30.3 Å². The highest BCUT2D eigenvalue weighted by molar-refractivity contribution is 6.03. The van der Waals surface area contributed by atoms with Crippen molar-refractivity contribution in [2.24, 2.45) is 7.05 Å². The van der Waals surface area contributed by atoms with Crippen LogP contribution >= 0.6 is 0 Å². The van der Waals surface area contributed by atoms with E-state index < -0.39 is 0 Å². The number of aromatic nitrogens is 2. The molecule has 2 amide bonds. The van der Waals surface area contributed by atoms with Crippen molar-refractivity contribution in [2.75, 3.05) is 11.9 Å². The van der Waals surface area contributed by atoms with Crippen LogP contribution in [0.1, 0.15) is 34.5 Å². The van der Waals surface area contributed by atoms with E-state index in [1.54, 1.807) is 17.8 Å². The van der Waals surface area contributed by atoms with Crippen LogP contribution in [0.5, 0.6) is 0 Å². The van der Waals surface area contributed by atoms with Crippen LogP contribution in [0, 0.1) is 6.92 Å². The largest absolute Gasteiger partial charge is 0.338 e. The van der Waals surface area contributed by atoms with Gasteiger partial charge in [0.05, 0.1) is 5.69 Å². The number of carbonyl (C=O) groups is 2. The number of aryl methyl sites for hydroxylation is 2. The van der Waals surface area contributed by atoms with Gasteiger partial charge in [-0.05, 0) is 31.0 Å². The summed E-state index contributed by atoms with van der Waals surface area (Å²) >= 11 is 0. The van der Waals surface area contributed by atoms with E-state index in [2.05, 4.69) is 10.4 Å². The average molecular weight is 312 g/mol. The lowest BCUT2D eigenvalue weighted by atomic mass is 10.1. The van der Waals surface area contributed by atoms with Gasteiger partial charge in [0.2, 0.25) is 5.91 Å². The highest BCUT2D eigenvalue weighted by Gasteiger charge is 2.20. The SMILES string of the molecule is Cc1cc(NC(=O)c2cccc(CN3CCCC3=O)c2)n(C)n1. The van der Waals surface area contributed by atoms with Crippen LogP contribution < -0.4 is 5.32 Å². The standard InChI is InChI=1S/C17H20N4O2/c1-12-9-15(20(2)19-12)18-17(23)14-6-3-5-13(10-14)11-21-8-4-7-16(21)22/h3,5-6,9-10H,4,7-8,11H2,1-2H3,(H,18,23). The molecule has 23 heavy (non-hydrogen) atoms. The molecule has 120 valence electrons. The molecule has 0 spiro atoms. The lowest BCUT2D eigenvalue weighted by Crippen LogP contribution is -2.24. The molecular formula is C17H20N4O2. The molecule has 0 atom stereocenters. The summed E-state index contributed by atoms with van der Waals surface area (Å²) in [6, 6.07) is 9.22. The Kier molecular flexibility index (Phi) is 4.14.